The summed E-state index contributed by atoms with van der Waals surface area (Å²) < 4.78 is 13.1. The van der Waals surface area contributed by atoms with Gasteiger partial charge < -0.3 is 10.6 Å². The summed E-state index contributed by atoms with van der Waals surface area (Å²) in [5, 5.41) is 0. The summed E-state index contributed by atoms with van der Waals surface area (Å²) in [5.41, 5.74) is 7.54. The first-order valence-electron chi connectivity index (χ1n) is 5.79. The summed E-state index contributed by atoms with van der Waals surface area (Å²) in [4.78, 5) is 6.25. The summed E-state index contributed by atoms with van der Waals surface area (Å²) in [7, 11) is 1.92. The Morgan fingerprint density at radius 1 is 1.22 bits per heavy atom. The predicted molar refractivity (Wildman–Crippen MR) is 70.6 cm³/mol. The Morgan fingerprint density at radius 3 is 2.78 bits per heavy atom. The van der Waals surface area contributed by atoms with Crippen molar-refractivity contribution in [1.82, 2.24) is 4.98 Å². The maximum atomic E-state index is 13.1. The van der Waals surface area contributed by atoms with Crippen molar-refractivity contribution < 1.29 is 4.39 Å². The van der Waals surface area contributed by atoms with Gasteiger partial charge in [0.15, 0.2) is 0 Å². The molecule has 0 spiro atoms. The van der Waals surface area contributed by atoms with Gasteiger partial charge in [-0.15, -0.1) is 0 Å². The molecule has 0 saturated heterocycles. The van der Waals surface area contributed by atoms with Crippen LogP contribution in [0.5, 0.6) is 0 Å². The minimum Gasteiger partial charge on any atom is -0.355 e. The van der Waals surface area contributed by atoms with Crippen LogP contribution in [-0.4, -0.2) is 12.0 Å². The minimum atomic E-state index is -0.218. The number of aromatic nitrogens is 1. The van der Waals surface area contributed by atoms with Crippen LogP contribution in [0, 0.1) is 5.82 Å². The van der Waals surface area contributed by atoms with E-state index in [1.807, 2.05) is 30.1 Å². The normalized spacial score (nSPS) is 10.4. The average molecular weight is 245 g/mol. The molecule has 0 bridgehead atoms. The maximum absolute atomic E-state index is 13.1. The molecule has 0 fully saturated rings. The highest BCUT2D eigenvalue weighted by Crippen LogP contribution is 2.14. The van der Waals surface area contributed by atoms with E-state index < -0.39 is 0 Å². The van der Waals surface area contributed by atoms with Gasteiger partial charge in [-0.1, -0.05) is 12.1 Å². The van der Waals surface area contributed by atoms with Gasteiger partial charge in [-0.2, -0.15) is 0 Å². The maximum Gasteiger partial charge on any atom is 0.128 e. The summed E-state index contributed by atoms with van der Waals surface area (Å²) in [5.74, 6) is 0.617. The molecule has 2 rings (SSSR count). The molecule has 0 unspecified atom stereocenters. The molecule has 18 heavy (non-hydrogen) atoms. The van der Waals surface area contributed by atoms with Gasteiger partial charge in [0, 0.05) is 26.3 Å². The van der Waals surface area contributed by atoms with Crippen LogP contribution in [0.15, 0.2) is 42.6 Å². The van der Waals surface area contributed by atoms with Crippen molar-refractivity contribution >= 4 is 5.82 Å². The van der Waals surface area contributed by atoms with Crippen molar-refractivity contribution in [2.75, 3.05) is 11.9 Å². The topological polar surface area (TPSA) is 42.1 Å². The van der Waals surface area contributed by atoms with Crippen LogP contribution < -0.4 is 10.6 Å². The summed E-state index contributed by atoms with van der Waals surface area (Å²) in [6, 6.07) is 10.4. The Balaban J connectivity index is 2.13. The zero-order valence-electron chi connectivity index (χ0n) is 10.3. The first-order valence-corrected chi connectivity index (χ1v) is 5.79. The molecule has 1 aromatic carbocycles. The highest BCUT2D eigenvalue weighted by Gasteiger charge is 2.04. The smallest absolute Gasteiger partial charge is 0.128 e. The van der Waals surface area contributed by atoms with E-state index in [1.165, 1.54) is 12.1 Å². The third-order valence-corrected chi connectivity index (χ3v) is 2.75. The van der Waals surface area contributed by atoms with E-state index >= 15 is 0 Å². The Kier molecular flexibility index (Phi) is 3.89. The molecule has 3 nitrogen and oxygen atoms in total. The second-order valence-corrected chi connectivity index (χ2v) is 4.21. The van der Waals surface area contributed by atoms with Crippen molar-refractivity contribution in [2.45, 2.75) is 13.1 Å². The van der Waals surface area contributed by atoms with Gasteiger partial charge in [-0.3, -0.25) is 0 Å². The lowest BCUT2D eigenvalue weighted by Crippen LogP contribution is -2.18. The number of pyridine rings is 1. The van der Waals surface area contributed by atoms with Crippen molar-refractivity contribution in [1.29, 1.82) is 0 Å². The van der Waals surface area contributed by atoms with Gasteiger partial charge in [0.05, 0.1) is 0 Å². The highest BCUT2D eigenvalue weighted by atomic mass is 19.1. The highest BCUT2D eigenvalue weighted by molar-refractivity contribution is 5.41. The van der Waals surface area contributed by atoms with Gasteiger partial charge in [-0.25, -0.2) is 9.37 Å². The van der Waals surface area contributed by atoms with Crippen LogP contribution in [-0.2, 0) is 13.1 Å². The van der Waals surface area contributed by atoms with E-state index in [0.717, 1.165) is 16.9 Å². The van der Waals surface area contributed by atoms with E-state index in [9.17, 15) is 4.39 Å². The number of nitrogens with zero attached hydrogens (tertiary/aromatic N) is 2. The van der Waals surface area contributed by atoms with Crippen LogP contribution in [0.4, 0.5) is 10.2 Å². The Bertz CT molecular complexity index is 528. The minimum absolute atomic E-state index is 0.218. The van der Waals surface area contributed by atoms with Crippen molar-refractivity contribution in [2.24, 2.45) is 5.73 Å². The molecule has 0 aliphatic carbocycles. The largest absolute Gasteiger partial charge is 0.355 e. The standard InChI is InChI=1S/C14H16FN3/c1-18(10-12-3-2-4-13(15)7-12)14-8-11(9-16)5-6-17-14/h2-8H,9-10,16H2,1H3. The number of rotatable bonds is 4. The first-order chi connectivity index (χ1) is 8.69. The summed E-state index contributed by atoms with van der Waals surface area (Å²) in [6.45, 7) is 1.10. The number of halogens is 1. The monoisotopic (exact) mass is 245 g/mol. The van der Waals surface area contributed by atoms with Crippen LogP contribution in [0.2, 0.25) is 0 Å². The molecule has 0 atom stereocenters. The molecule has 1 aromatic heterocycles. The van der Waals surface area contributed by atoms with E-state index in [4.69, 9.17) is 5.73 Å². The van der Waals surface area contributed by atoms with Crippen molar-refractivity contribution in [3.05, 3.63) is 59.5 Å². The van der Waals surface area contributed by atoms with E-state index in [1.54, 1.807) is 12.3 Å². The number of nitrogens with two attached hydrogens (primary N) is 1. The van der Waals surface area contributed by atoms with E-state index in [0.29, 0.717) is 13.1 Å². The lowest BCUT2D eigenvalue weighted by Gasteiger charge is -2.18. The number of benzene rings is 1. The average Bonchev–Trinajstić information content (AvgIpc) is 2.39. The van der Waals surface area contributed by atoms with Crippen LogP contribution in [0.3, 0.4) is 0 Å². The fourth-order valence-corrected chi connectivity index (χ4v) is 1.79. The van der Waals surface area contributed by atoms with Gasteiger partial charge in [0.1, 0.15) is 11.6 Å². The van der Waals surface area contributed by atoms with Crippen molar-refractivity contribution in [3.63, 3.8) is 0 Å². The third-order valence-electron chi connectivity index (χ3n) is 2.75. The number of hydrogen-bond donors (Lipinski definition) is 1. The fraction of sp³-hybridized carbons (Fsp3) is 0.214. The lowest BCUT2D eigenvalue weighted by atomic mass is 10.2. The summed E-state index contributed by atoms with van der Waals surface area (Å²) in [6.07, 6.45) is 1.74. The van der Waals surface area contributed by atoms with Crippen LogP contribution in [0.1, 0.15) is 11.1 Å². The number of hydrogen-bond acceptors (Lipinski definition) is 3. The number of anilines is 1. The van der Waals surface area contributed by atoms with Crippen molar-refractivity contribution in [3.8, 4) is 0 Å². The zero-order valence-corrected chi connectivity index (χ0v) is 10.3. The van der Waals surface area contributed by atoms with Gasteiger partial charge in [0.2, 0.25) is 0 Å². The van der Waals surface area contributed by atoms with E-state index in [2.05, 4.69) is 4.98 Å². The third kappa shape index (κ3) is 3.05. The molecule has 0 amide bonds. The van der Waals surface area contributed by atoms with Crippen LogP contribution in [0.25, 0.3) is 0 Å². The molecule has 0 aliphatic rings. The Labute approximate surface area is 106 Å². The Morgan fingerprint density at radius 2 is 2.06 bits per heavy atom. The summed E-state index contributed by atoms with van der Waals surface area (Å²) >= 11 is 0. The van der Waals surface area contributed by atoms with E-state index in [-0.39, 0.29) is 5.82 Å². The van der Waals surface area contributed by atoms with Crippen LogP contribution >= 0.6 is 0 Å². The molecule has 0 aliphatic heterocycles. The molecular formula is C14H16FN3. The molecule has 1 heterocycles. The molecule has 0 radical (unpaired) electrons. The second-order valence-electron chi connectivity index (χ2n) is 4.21. The first kappa shape index (κ1) is 12.5. The predicted octanol–water partition coefficient (Wildman–Crippen LogP) is 2.32. The Hall–Kier alpha value is -1.94. The quantitative estimate of drug-likeness (QED) is 0.898. The molecule has 4 heteroatoms. The molecule has 94 valence electrons. The fourth-order valence-electron chi connectivity index (χ4n) is 1.79. The molecule has 2 N–H and O–H groups in total. The molecule has 0 saturated carbocycles. The van der Waals surface area contributed by atoms with Gasteiger partial charge in [-0.05, 0) is 35.4 Å². The second kappa shape index (κ2) is 5.60. The molecule has 2 aromatic rings. The zero-order chi connectivity index (χ0) is 13.0. The van der Waals surface area contributed by atoms with Gasteiger partial charge >= 0.3 is 0 Å². The van der Waals surface area contributed by atoms with Gasteiger partial charge in [0.25, 0.3) is 0 Å². The SMILES string of the molecule is CN(Cc1cccc(F)c1)c1cc(CN)ccn1. The molecular weight excluding hydrogens is 229 g/mol. The lowest BCUT2D eigenvalue weighted by molar-refractivity contribution is 0.625.